The summed E-state index contributed by atoms with van der Waals surface area (Å²) in [7, 11) is -3.98. The van der Waals surface area contributed by atoms with Crippen LogP contribution in [0.2, 0.25) is 5.02 Å². The zero-order valence-corrected chi connectivity index (χ0v) is 16.8. The number of hydrogen-bond acceptors (Lipinski definition) is 6. The number of sulfonamides is 1. The topological polar surface area (TPSA) is 131 Å². The van der Waals surface area contributed by atoms with E-state index in [4.69, 9.17) is 16.3 Å². The maximum absolute atomic E-state index is 12.2. The van der Waals surface area contributed by atoms with E-state index in [0.29, 0.717) is 5.02 Å². The van der Waals surface area contributed by atoms with Crippen molar-refractivity contribution in [1.82, 2.24) is 15.4 Å². The first kappa shape index (κ1) is 22.9. The fraction of sp³-hybridized carbons (Fsp3) is 0.438. The van der Waals surface area contributed by atoms with Gasteiger partial charge < -0.3 is 10.1 Å². The first-order valence-corrected chi connectivity index (χ1v) is 9.88. The molecule has 2 atom stereocenters. The van der Waals surface area contributed by atoms with Crippen molar-refractivity contribution in [2.24, 2.45) is 0 Å². The van der Waals surface area contributed by atoms with Gasteiger partial charge in [0.05, 0.1) is 4.90 Å². The van der Waals surface area contributed by atoms with Crippen LogP contribution in [0.25, 0.3) is 0 Å². The number of carbonyl (C=O) groups excluding carboxylic acids is 3. The minimum atomic E-state index is -3.98. The van der Waals surface area contributed by atoms with Gasteiger partial charge in [-0.2, -0.15) is 4.72 Å². The Hall–Kier alpha value is -2.17. The third-order valence-electron chi connectivity index (χ3n) is 3.13. The Balaban J connectivity index is 2.64. The number of nitrogens with one attached hydrogen (secondary N) is 3. The van der Waals surface area contributed by atoms with Gasteiger partial charge in [0.15, 0.2) is 6.10 Å². The summed E-state index contributed by atoms with van der Waals surface area (Å²) >= 11 is 5.71. The number of halogens is 1. The Labute approximate surface area is 162 Å². The summed E-state index contributed by atoms with van der Waals surface area (Å²) in [6.07, 6.45) is -1.29. The summed E-state index contributed by atoms with van der Waals surface area (Å²) in [4.78, 5) is 35.3. The van der Waals surface area contributed by atoms with E-state index in [2.05, 4.69) is 10.0 Å². The first-order chi connectivity index (χ1) is 12.4. The Kier molecular flexibility index (Phi) is 8.20. The van der Waals surface area contributed by atoms with Gasteiger partial charge in [0.25, 0.3) is 5.91 Å². The van der Waals surface area contributed by atoms with Crippen LogP contribution < -0.4 is 15.4 Å². The lowest BCUT2D eigenvalue weighted by Crippen LogP contribution is -2.48. The molecule has 3 N–H and O–H groups in total. The van der Waals surface area contributed by atoms with Crippen molar-refractivity contribution in [3.8, 4) is 0 Å². The summed E-state index contributed by atoms with van der Waals surface area (Å²) < 4.78 is 31.5. The van der Waals surface area contributed by atoms with Crippen LogP contribution >= 0.6 is 11.6 Å². The van der Waals surface area contributed by atoms with Gasteiger partial charge >= 0.3 is 12.0 Å². The zero-order chi connectivity index (χ0) is 20.8. The largest absolute Gasteiger partial charge is 0.451 e. The second kappa shape index (κ2) is 9.67. The van der Waals surface area contributed by atoms with E-state index in [-0.39, 0.29) is 10.9 Å². The summed E-state index contributed by atoms with van der Waals surface area (Å²) in [5, 5.41) is 4.83. The van der Waals surface area contributed by atoms with Crippen LogP contribution in [0, 0.1) is 0 Å². The zero-order valence-electron chi connectivity index (χ0n) is 15.3. The van der Waals surface area contributed by atoms with E-state index < -0.39 is 40.1 Å². The monoisotopic (exact) mass is 419 g/mol. The average molecular weight is 420 g/mol. The predicted octanol–water partition coefficient (Wildman–Crippen LogP) is 1.17. The van der Waals surface area contributed by atoms with Crippen molar-refractivity contribution in [2.45, 2.75) is 50.8 Å². The van der Waals surface area contributed by atoms with Crippen LogP contribution in [0.4, 0.5) is 4.79 Å². The Morgan fingerprint density at radius 1 is 1.04 bits per heavy atom. The lowest BCUT2D eigenvalue weighted by atomic mass is 10.3. The molecule has 1 aromatic rings. The van der Waals surface area contributed by atoms with Gasteiger partial charge in [0.1, 0.15) is 6.04 Å². The number of urea groups is 1. The summed E-state index contributed by atoms with van der Waals surface area (Å²) in [6, 6.07) is 3.19. The summed E-state index contributed by atoms with van der Waals surface area (Å²) in [6.45, 7) is 5.95. The number of esters is 1. The fourth-order valence-corrected chi connectivity index (χ4v) is 3.12. The van der Waals surface area contributed by atoms with Gasteiger partial charge in [-0.25, -0.2) is 13.2 Å². The van der Waals surface area contributed by atoms with E-state index in [1.165, 1.54) is 38.1 Å². The highest BCUT2D eigenvalue weighted by molar-refractivity contribution is 7.89. The van der Waals surface area contributed by atoms with E-state index >= 15 is 0 Å². The van der Waals surface area contributed by atoms with Gasteiger partial charge in [-0.1, -0.05) is 11.6 Å². The van der Waals surface area contributed by atoms with Crippen molar-refractivity contribution < 1.29 is 27.5 Å². The highest BCUT2D eigenvalue weighted by Crippen LogP contribution is 2.14. The highest BCUT2D eigenvalue weighted by Gasteiger charge is 2.27. The van der Waals surface area contributed by atoms with Gasteiger partial charge in [0, 0.05) is 11.1 Å². The standard InChI is InChI=1S/C16H22ClN3O6S/c1-9(2)18-16(23)19-14(21)11(4)26-15(22)10(3)20-27(24,25)13-7-5-12(17)6-8-13/h5-11,20H,1-4H3,(H2,18,19,21,23)/t10-,11+/m0/s1. The number of amides is 3. The molecule has 0 aliphatic heterocycles. The van der Waals surface area contributed by atoms with Crippen LogP contribution in [-0.4, -0.2) is 44.5 Å². The Morgan fingerprint density at radius 2 is 1.59 bits per heavy atom. The van der Waals surface area contributed by atoms with Crippen LogP contribution in [-0.2, 0) is 24.3 Å². The minimum absolute atomic E-state index is 0.0808. The molecule has 0 unspecified atom stereocenters. The molecule has 0 radical (unpaired) electrons. The molecule has 0 spiro atoms. The molecule has 1 rings (SSSR count). The Morgan fingerprint density at radius 3 is 2.11 bits per heavy atom. The van der Waals surface area contributed by atoms with Gasteiger partial charge in [-0.3, -0.25) is 14.9 Å². The van der Waals surface area contributed by atoms with Crippen molar-refractivity contribution in [2.75, 3.05) is 0 Å². The summed E-state index contributed by atoms with van der Waals surface area (Å²) in [5.41, 5.74) is 0. The van der Waals surface area contributed by atoms with E-state index in [9.17, 15) is 22.8 Å². The normalized spacial score (nSPS) is 13.6. The first-order valence-electron chi connectivity index (χ1n) is 8.02. The molecule has 1 aromatic carbocycles. The molecule has 0 aliphatic rings. The van der Waals surface area contributed by atoms with Crippen LogP contribution in [0.15, 0.2) is 29.2 Å². The molecule has 0 aromatic heterocycles. The van der Waals surface area contributed by atoms with Crippen LogP contribution in [0.5, 0.6) is 0 Å². The number of benzene rings is 1. The Bertz CT molecular complexity index is 795. The second-order valence-electron chi connectivity index (χ2n) is 5.99. The molecule has 0 saturated heterocycles. The van der Waals surface area contributed by atoms with Crippen LogP contribution in [0.3, 0.4) is 0 Å². The molecule has 0 aliphatic carbocycles. The van der Waals surface area contributed by atoms with Crippen molar-refractivity contribution >= 4 is 39.5 Å². The molecule has 0 bridgehead atoms. The predicted molar refractivity (Wildman–Crippen MR) is 98.6 cm³/mol. The molecular formula is C16H22ClN3O6S. The minimum Gasteiger partial charge on any atom is -0.451 e. The van der Waals surface area contributed by atoms with Gasteiger partial charge in [-0.05, 0) is 52.0 Å². The maximum Gasteiger partial charge on any atom is 0.324 e. The maximum atomic E-state index is 12.2. The van der Waals surface area contributed by atoms with Crippen molar-refractivity contribution in [1.29, 1.82) is 0 Å². The average Bonchev–Trinajstić information content (AvgIpc) is 2.53. The number of hydrogen-bond donors (Lipinski definition) is 3. The van der Waals surface area contributed by atoms with E-state index in [1.54, 1.807) is 13.8 Å². The third kappa shape index (κ3) is 7.53. The van der Waals surface area contributed by atoms with Crippen molar-refractivity contribution in [3.05, 3.63) is 29.3 Å². The van der Waals surface area contributed by atoms with Crippen LogP contribution in [0.1, 0.15) is 27.7 Å². The second-order valence-corrected chi connectivity index (χ2v) is 8.14. The number of carbonyl (C=O) groups is 3. The number of rotatable bonds is 7. The molecular weight excluding hydrogens is 398 g/mol. The van der Waals surface area contributed by atoms with Gasteiger partial charge in [0.2, 0.25) is 10.0 Å². The summed E-state index contributed by atoms with van der Waals surface area (Å²) in [5.74, 6) is -1.81. The lowest BCUT2D eigenvalue weighted by Gasteiger charge is -2.18. The molecule has 27 heavy (non-hydrogen) atoms. The van der Waals surface area contributed by atoms with Crippen molar-refractivity contribution in [3.63, 3.8) is 0 Å². The van der Waals surface area contributed by atoms with Gasteiger partial charge in [-0.15, -0.1) is 0 Å². The molecule has 0 heterocycles. The van der Waals surface area contributed by atoms with E-state index in [1.807, 2.05) is 5.32 Å². The van der Waals surface area contributed by atoms with E-state index in [0.717, 1.165) is 0 Å². The number of imide groups is 1. The number of ether oxygens (including phenoxy) is 1. The SMILES string of the molecule is CC(C)NC(=O)NC(=O)[C@@H](C)OC(=O)[C@H](C)NS(=O)(=O)c1ccc(Cl)cc1. The molecule has 0 fully saturated rings. The highest BCUT2D eigenvalue weighted by atomic mass is 35.5. The molecule has 9 nitrogen and oxygen atoms in total. The molecule has 11 heteroatoms. The molecule has 3 amide bonds. The fourth-order valence-electron chi connectivity index (χ4n) is 1.80. The lowest BCUT2D eigenvalue weighted by molar-refractivity contribution is -0.155. The molecule has 0 saturated carbocycles. The smallest absolute Gasteiger partial charge is 0.324 e. The molecule has 150 valence electrons. The third-order valence-corrected chi connectivity index (χ3v) is 4.94. The quantitative estimate of drug-likeness (QED) is 0.568.